The fourth-order valence-electron chi connectivity index (χ4n) is 2.24. The van der Waals surface area contributed by atoms with Crippen LogP contribution in [0.2, 0.25) is 0 Å². The molecule has 1 amide bonds. The summed E-state index contributed by atoms with van der Waals surface area (Å²) >= 11 is 0. The fraction of sp³-hybridized carbons (Fsp3) is 0.400. The summed E-state index contributed by atoms with van der Waals surface area (Å²) in [5, 5.41) is 4.31. The Morgan fingerprint density at radius 2 is 2.00 bits per heavy atom. The Morgan fingerprint density at radius 1 is 1.33 bits per heavy atom. The van der Waals surface area contributed by atoms with Crippen molar-refractivity contribution in [3.63, 3.8) is 0 Å². The molecule has 0 fully saturated rings. The van der Waals surface area contributed by atoms with E-state index in [4.69, 9.17) is 5.73 Å². The van der Waals surface area contributed by atoms with Crippen molar-refractivity contribution < 1.29 is 4.79 Å². The molecule has 0 aromatic carbocycles. The minimum absolute atomic E-state index is 0.0886. The lowest BCUT2D eigenvalue weighted by Gasteiger charge is -2.21. The second kappa shape index (κ2) is 6.39. The van der Waals surface area contributed by atoms with Crippen molar-refractivity contribution in [1.29, 1.82) is 0 Å². The summed E-state index contributed by atoms with van der Waals surface area (Å²) in [4.78, 5) is 18.5. The maximum absolute atomic E-state index is 12.8. The van der Waals surface area contributed by atoms with Crippen molar-refractivity contribution in [1.82, 2.24) is 19.7 Å². The predicted molar refractivity (Wildman–Crippen MR) is 81.7 cm³/mol. The van der Waals surface area contributed by atoms with Crippen LogP contribution in [0.15, 0.2) is 24.5 Å². The highest BCUT2D eigenvalue weighted by atomic mass is 16.2. The minimum Gasteiger partial charge on any atom is -0.395 e. The quantitative estimate of drug-likeness (QED) is 0.910. The van der Waals surface area contributed by atoms with Crippen LogP contribution in [0, 0.1) is 6.92 Å². The third kappa shape index (κ3) is 3.04. The number of rotatable bonds is 5. The zero-order valence-corrected chi connectivity index (χ0v) is 12.7. The van der Waals surface area contributed by atoms with E-state index in [0.717, 1.165) is 5.56 Å². The first-order valence-corrected chi connectivity index (χ1v) is 7.09. The third-order valence-corrected chi connectivity index (χ3v) is 3.47. The fourth-order valence-corrected chi connectivity index (χ4v) is 2.24. The van der Waals surface area contributed by atoms with Crippen molar-refractivity contribution in [3.8, 4) is 0 Å². The molecule has 0 atom stereocenters. The first-order chi connectivity index (χ1) is 10.1. The SMILES string of the molecule is CCN(Cc1ccncc1)C(=O)c1c(N)c(C)nn1CC. The van der Waals surface area contributed by atoms with Gasteiger partial charge in [-0.15, -0.1) is 0 Å². The summed E-state index contributed by atoms with van der Waals surface area (Å²) in [6.45, 7) is 7.47. The summed E-state index contributed by atoms with van der Waals surface area (Å²) in [7, 11) is 0. The molecule has 112 valence electrons. The summed E-state index contributed by atoms with van der Waals surface area (Å²) in [6.07, 6.45) is 3.45. The van der Waals surface area contributed by atoms with Crippen LogP contribution in [0.3, 0.4) is 0 Å². The van der Waals surface area contributed by atoms with Gasteiger partial charge in [-0.3, -0.25) is 14.5 Å². The molecule has 2 rings (SSSR count). The smallest absolute Gasteiger partial charge is 0.274 e. The van der Waals surface area contributed by atoms with Crippen LogP contribution in [-0.4, -0.2) is 32.1 Å². The number of nitrogen functional groups attached to an aromatic ring is 1. The van der Waals surface area contributed by atoms with Gasteiger partial charge in [0.25, 0.3) is 5.91 Å². The molecule has 2 N–H and O–H groups in total. The van der Waals surface area contributed by atoms with E-state index in [9.17, 15) is 4.79 Å². The highest BCUT2D eigenvalue weighted by Crippen LogP contribution is 2.19. The number of amides is 1. The van der Waals surface area contributed by atoms with Crippen LogP contribution in [0.1, 0.15) is 35.6 Å². The van der Waals surface area contributed by atoms with E-state index in [2.05, 4.69) is 10.1 Å². The third-order valence-electron chi connectivity index (χ3n) is 3.47. The molecule has 2 aromatic rings. The van der Waals surface area contributed by atoms with Gasteiger partial charge in [0.2, 0.25) is 0 Å². The van der Waals surface area contributed by atoms with Crippen molar-refractivity contribution in [2.75, 3.05) is 12.3 Å². The molecule has 0 spiro atoms. The molecule has 0 aliphatic carbocycles. The van der Waals surface area contributed by atoms with Gasteiger partial charge in [0.1, 0.15) is 5.69 Å². The topological polar surface area (TPSA) is 77.0 Å². The van der Waals surface area contributed by atoms with Gasteiger partial charge in [-0.05, 0) is 38.5 Å². The highest BCUT2D eigenvalue weighted by molar-refractivity contribution is 5.98. The number of carbonyl (C=O) groups excluding carboxylic acids is 1. The van der Waals surface area contributed by atoms with Gasteiger partial charge in [-0.25, -0.2) is 0 Å². The molecule has 0 aliphatic rings. The van der Waals surface area contributed by atoms with E-state index in [-0.39, 0.29) is 5.91 Å². The van der Waals surface area contributed by atoms with Gasteiger partial charge in [-0.2, -0.15) is 5.10 Å². The Morgan fingerprint density at radius 3 is 2.57 bits per heavy atom. The number of anilines is 1. The molecule has 21 heavy (non-hydrogen) atoms. The second-order valence-corrected chi connectivity index (χ2v) is 4.84. The van der Waals surface area contributed by atoms with E-state index < -0.39 is 0 Å². The average Bonchev–Trinajstić information content (AvgIpc) is 2.80. The van der Waals surface area contributed by atoms with E-state index in [1.54, 1.807) is 22.0 Å². The lowest BCUT2D eigenvalue weighted by Crippen LogP contribution is -2.32. The normalized spacial score (nSPS) is 10.6. The van der Waals surface area contributed by atoms with E-state index >= 15 is 0 Å². The number of carbonyl (C=O) groups is 1. The van der Waals surface area contributed by atoms with Gasteiger partial charge in [-0.1, -0.05) is 0 Å². The number of pyridine rings is 1. The Balaban J connectivity index is 2.28. The van der Waals surface area contributed by atoms with Crippen molar-refractivity contribution in [2.45, 2.75) is 33.9 Å². The van der Waals surface area contributed by atoms with Crippen LogP contribution in [0.4, 0.5) is 5.69 Å². The molecule has 6 nitrogen and oxygen atoms in total. The lowest BCUT2D eigenvalue weighted by molar-refractivity contribution is 0.0741. The largest absolute Gasteiger partial charge is 0.395 e. The standard InChI is InChI=1S/C15H21N5O/c1-4-19(10-12-6-8-17-9-7-12)15(21)14-13(16)11(3)18-20(14)5-2/h6-9H,4-5,10,16H2,1-3H3. The molecule has 0 saturated carbocycles. The van der Waals surface area contributed by atoms with Crippen molar-refractivity contribution >= 4 is 11.6 Å². The Hall–Kier alpha value is -2.37. The van der Waals surface area contributed by atoms with E-state index in [0.29, 0.717) is 36.7 Å². The number of aryl methyl sites for hydroxylation is 2. The molecule has 0 unspecified atom stereocenters. The monoisotopic (exact) mass is 287 g/mol. The number of hydrogen-bond acceptors (Lipinski definition) is 4. The van der Waals surface area contributed by atoms with Crippen LogP contribution < -0.4 is 5.73 Å². The molecule has 0 aliphatic heterocycles. The molecule has 2 aromatic heterocycles. The lowest BCUT2D eigenvalue weighted by atomic mass is 10.2. The van der Waals surface area contributed by atoms with Gasteiger partial charge in [0.15, 0.2) is 0 Å². The molecule has 0 saturated heterocycles. The van der Waals surface area contributed by atoms with Crippen LogP contribution in [-0.2, 0) is 13.1 Å². The molecule has 0 radical (unpaired) electrons. The second-order valence-electron chi connectivity index (χ2n) is 4.84. The van der Waals surface area contributed by atoms with Crippen LogP contribution >= 0.6 is 0 Å². The Labute approximate surface area is 124 Å². The minimum atomic E-state index is -0.0886. The summed E-state index contributed by atoms with van der Waals surface area (Å²) in [5.41, 5.74) is 8.70. The Kier molecular flexibility index (Phi) is 4.57. The molecule has 6 heteroatoms. The molecule has 2 heterocycles. The Bertz CT molecular complexity index is 620. The van der Waals surface area contributed by atoms with Crippen molar-refractivity contribution in [3.05, 3.63) is 41.5 Å². The maximum atomic E-state index is 12.8. The van der Waals surface area contributed by atoms with E-state index in [1.165, 1.54) is 0 Å². The zero-order chi connectivity index (χ0) is 15.4. The van der Waals surface area contributed by atoms with Crippen LogP contribution in [0.25, 0.3) is 0 Å². The molecule has 0 bridgehead atoms. The predicted octanol–water partition coefficient (Wildman–Crippen LogP) is 1.85. The van der Waals surface area contributed by atoms with Gasteiger partial charge >= 0.3 is 0 Å². The first-order valence-electron chi connectivity index (χ1n) is 7.09. The zero-order valence-electron chi connectivity index (χ0n) is 12.7. The van der Waals surface area contributed by atoms with Gasteiger partial charge in [0.05, 0.1) is 11.4 Å². The van der Waals surface area contributed by atoms with Crippen LogP contribution in [0.5, 0.6) is 0 Å². The van der Waals surface area contributed by atoms with Gasteiger partial charge in [0, 0.05) is 32.0 Å². The number of aromatic nitrogens is 3. The number of nitrogens with two attached hydrogens (primary N) is 1. The number of hydrogen-bond donors (Lipinski definition) is 1. The first kappa shape index (κ1) is 15.0. The molecular formula is C15H21N5O. The summed E-state index contributed by atoms with van der Waals surface area (Å²) in [5.74, 6) is -0.0886. The maximum Gasteiger partial charge on any atom is 0.274 e. The highest BCUT2D eigenvalue weighted by Gasteiger charge is 2.23. The number of nitrogens with zero attached hydrogens (tertiary/aromatic N) is 4. The average molecular weight is 287 g/mol. The van der Waals surface area contributed by atoms with Gasteiger partial charge < -0.3 is 10.6 Å². The van der Waals surface area contributed by atoms with E-state index in [1.807, 2.05) is 32.9 Å². The summed E-state index contributed by atoms with van der Waals surface area (Å²) in [6, 6.07) is 3.81. The van der Waals surface area contributed by atoms with Crippen molar-refractivity contribution in [2.24, 2.45) is 0 Å². The summed E-state index contributed by atoms with van der Waals surface area (Å²) < 4.78 is 1.67. The molecular weight excluding hydrogens is 266 g/mol.